The van der Waals surface area contributed by atoms with Gasteiger partial charge in [-0.25, -0.2) is 0 Å². The summed E-state index contributed by atoms with van der Waals surface area (Å²) >= 11 is 0. The van der Waals surface area contributed by atoms with Gasteiger partial charge in [0.1, 0.15) is 0 Å². The molecule has 0 saturated carbocycles. The average Bonchev–Trinajstić information content (AvgIpc) is 0.811. The minimum absolute atomic E-state index is 0. The van der Waals surface area contributed by atoms with E-state index in [4.69, 9.17) is 14.1 Å². The third-order valence-electron chi connectivity index (χ3n) is 0. The maximum absolute atomic E-state index is 8.74. The van der Waals surface area contributed by atoms with Crippen LogP contribution in [-0.4, -0.2) is 36.1 Å². The molecular weight excluding hydrogens is 159 g/mol. The molecule has 0 radical (unpaired) electrons. The molecule has 3 nitrogen and oxygen atoms in total. The van der Waals surface area contributed by atoms with Crippen LogP contribution in [0.15, 0.2) is 0 Å². The molecule has 0 aliphatic rings. The van der Waals surface area contributed by atoms with E-state index in [9.17, 15) is 0 Å². The molecule has 38 valence electrons. The van der Waals surface area contributed by atoms with Crippen molar-refractivity contribution in [1.29, 1.82) is 0 Å². The van der Waals surface area contributed by atoms with Crippen molar-refractivity contribution in [1.82, 2.24) is 0 Å². The molecule has 0 saturated heterocycles. The molecule has 2 N–H and O–H groups in total. The minimum Gasteiger partial charge on any atom is -0.511 e. The van der Waals surface area contributed by atoms with E-state index in [2.05, 4.69) is 0 Å². The first kappa shape index (κ1) is 15.9. The molecule has 0 bridgehead atoms. The van der Waals surface area contributed by atoms with Crippen LogP contribution < -0.4 is 0 Å². The molecule has 0 aliphatic carbocycles. The summed E-state index contributed by atoms with van der Waals surface area (Å²) in [6.07, 6.45) is 0. The first-order chi connectivity index (χ1) is 1.73. The molecule has 6 heavy (non-hydrogen) atoms. The third kappa shape index (κ3) is 140. The van der Waals surface area contributed by atoms with Crippen LogP contribution in [0.25, 0.3) is 0 Å². The fourth-order valence-electron chi connectivity index (χ4n) is 0. The van der Waals surface area contributed by atoms with Crippen LogP contribution in [0.2, 0.25) is 0 Å². The van der Waals surface area contributed by atoms with E-state index in [1.165, 1.54) is 0 Å². The van der Waals surface area contributed by atoms with Gasteiger partial charge in [-0.2, -0.15) is 0 Å². The van der Waals surface area contributed by atoms with Gasteiger partial charge in [0.2, 0.25) is 0 Å². The maximum Gasteiger partial charge on any atom is 0.761 e. The predicted molar refractivity (Wildman–Crippen MR) is 20.8 cm³/mol. The monoisotopic (exact) mass is 164 g/mol. The van der Waals surface area contributed by atoms with Gasteiger partial charge in [0, 0.05) is 17.1 Å². The quantitative estimate of drug-likeness (QED) is 0.380. The summed E-state index contributed by atoms with van der Waals surface area (Å²) in [5.41, 5.74) is 0. The first-order valence-electron chi connectivity index (χ1n) is 0.651. The van der Waals surface area contributed by atoms with Gasteiger partial charge >= 0.3 is 9.17 Å². The van der Waals surface area contributed by atoms with E-state index < -0.39 is 9.17 Å². The summed E-state index contributed by atoms with van der Waals surface area (Å²) in [6.45, 7) is 0. The van der Waals surface area contributed by atoms with Gasteiger partial charge in [0.15, 0.2) is 17.4 Å². The number of hydrogen-bond acceptors (Lipinski definition) is 1. The molecule has 0 aromatic heterocycles. The largest absolute Gasteiger partial charge is 0.761 e. The SMILES string of the molecule is O=[Si](O)O.[AlH3].[Fe]. The van der Waals surface area contributed by atoms with Crippen molar-refractivity contribution >= 4 is 26.5 Å². The fourth-order valence-corrected chi connectivity index (χ4v) is 0. The van der Waals surface area contributed by atoms with Crippen molar-refractivity contribution in [3.8, 4) is 0 Å². The Labute approximate surface area is 57.9 Å². The van der Waals surface area contributed by atoms with Crippen molar-refractivity contribution in [2.75, 3.05) is 0 Å². The van der Waals surface area contributed by atoms with Gasteiger partial charge in [-0.05, 0) is 0 Å². The smallest absolute Gasteiger partial charge is 0.511 e. The second kappa shape index (κ2) is 9.18. The minimum atomic E-state index is -3.13. The third-order valence-corrected chi connectivity index (χ3v) is 0. The zero-order valence-corrected chi connectivity index (χ0v) is 4.26. The normalized spacial score (nSPS) is 4.00. The van der Waals surface area contributed by atoms with Gasteiger partial charge < -0.3 is 9.59 Å². The first-order valence-corrected chi connectivity index (χ1v) is 1.95. The Kier molecular flexibility index (Phi) is 24.4. The Morgan fingerprint density at radius 3 is 1.33 bits per heavy atom. The zero-order valence-electron chi connectivity index (χ0n) is 2.16. The van der Waals surface area contributed by atoms with Crippen molar-refractivity contribution < 1.29 is 31.1 Å². The van der Waals surface area contributed by atoms with Crippen LogP contribution in [0.1, 0.15) is 0 Å². The maximum atomic E-state index is 8.74. The average molecular weight is 164 g/mol. The van der Waals surface area contributed by atoms with Crippen LogP contribution >= 0.6 is 0 Å². The Morgan fingerprint density at radius 2 is 1.33 bits per heavy atom. The van der Waals surface area contributed by atoms with Gasteiger partial charge in [-0.15, -0.1) is 0 Å². The molecule has 0 amide bonds. The van der Waals surface area contributed by atoms with Gasteiger partial charge in [-0.1, -0.05) is 0 Å². The molecule has 6 heteroatoms. The van der Waals surface area contributed by atoms with Crippen LogP contribution in [0.4, 0.5) is 0 Å². The van der Waals surface area contributed by atoms with Crippen LogP contribution in [0.3, 0.4) is 0 Å². The Morgan fingerprint density at radius 1 is 1.33 bits per heavy atom. The van der Waals surface area contributed by atoms with Crippen LogP contribution in [0, 0.1) is 0 Å². The van der Waals surface area contributed by atoms with E-state index in [-0.39, 0.29) is 34.4 Å². The number of rotatable bonds is 0. The molecule has 0 aromatic rings. The molecule has 0 aromatic carbocycles. The van der Waals surface area contributed by atoms with Crippen molar-refractivity contribution in [2.24, 2.45) is 0 Å². The van der Waals surface area contributed by atoms with E-state index in [0.717, 1.165) is 0 Å². The van der Waals surface area contributed by atoms with E-state index >= 15 is 0 Å². The van der Waals surface area contributed by atoms with Crippen molar-refractivity contribution in [3.05, 3.63) is 0 Å². The zero-order chi connectivity index (χ0) is 3.58. The summed E-state index contributed by atoms with van der Waals surface area (Å²) < 4.78 is 8.74. The summed E-state index contributed by atoms with van der Waals surface area (Å²) in [6, 6.07) is 0. The summed E-state index contributed by atoms with van der Waals surface area (Å²) in [5.74, 6) is 0. The summed E-state index contributed by atoms with van der Waals surface area (Å²) in [7, 11) is -3.13. The molecule has 0 rings (SSSR count). The molecule has 0 fully saturated rings. The van der Waals surface area contributed by atoms with Crippen molar-refractivity contribution in [3.63, 3.8) is 0 Å². The second-order valence-corrected chi connectivity index (χ2v) is 0.848. The Balaban J connectivity index is -0.0000000450. The Bertz CT molecular complexity index is 33.8. The molecular formula is H5AlFeO3Si. The van der Waals surface area contributed by atoms with E-state index in [1.54, 1.807) is 0 Å². The van der Waals surface area contributed by atoms with Crippen LogP contribution in [0.5, 0.6) is 0 Å². The van der Waals surface area contributed by atoms with E-state index in [0.29, 0.717) is 0 Å². The van der Waals surface area contributed by atoms with Crippen LogP contribution in [-0.2, 0) is 21.5 Å². The molecule has 0 atom stereocenters. The van der Waals surface area contributed by atoms with Gasteiger partial charge in [0.25, 0.3) is 0 Å². The molecule has 0 spiro atoms. The Hall–Kier alpha value is 0.669. The standard InChI is InChI=1S/Al.Fe.H2O3Si.3H/c;;1-4(2)3;;;/h;;1-2H;;;. The summed E-state index contributed by atoms with van der Waals surface area (Å²) in [4.78, 5) is 14.3. The molecule has 0 unspecified atom stereocenters. The topological polar surface area (TPSA) is 57.5 Å². The molecule has 0 aliphatic heterocycles. The van der Waals surface area contributed by atoms with E-state index in [1.807, 2.05) is 0 Å². The predicted octanol–water partition coefficient (Wildman–Crippen LogP) is -2.80. The fraction of sp³-hybridized carbons (Fsp3) is 0. The molecule has 0 heterocycles. The second-order valence-electron chi connectivity index (χ2n) is 0.283. The van der Waals surface area contributed by atoms with Gasteiger partial charge in [0.05, 0.1) is 0 Å². The number of hydrogen-bond donors (Lipinski definition) is 2. The summed E-state index contributed by atoms with van der Waals surface area (Å²) in [5, 5.41) is 0. The van der Waals surface area contributed by atoms with Gasteiger partial charge in [-0.3, -0.25) is 4.46 Å². The van der Waals surface area contributed by atoms with Crippen molar-refractivity contribution in [2.45, 2.75) is 0 Å².